The number of esters is 1. The van der Waals surface area contributed by atoms with Crippen molar-refractivity contribution in [2.24, 2.45) is 0 Å². The van der Waals surface area contributed by atoms with Gasteiger partial charge in [-0.05, 0) is 61.7 Å². The minimum atomic E-state index is -0.344. The number of hydrogen-bond acceptors (Lipinski definition) is 2. The highest BCUT2D eigenvalue weighted by atomic mass is 79.9. The molecule has 19 heavy (non-hydrogen) atoms. The minimum Gasteiger partial charge on any atom is -0.423 e. The van der Waals surface area contributed by atoms with Crippen molar-refractivity contribution >= 4 is 21.9 Å². The van der Waals surface area contributed by atoms with E-state index in [1.54, 1.807) is 12.1 Å². The number of rotatable bonds is 2. The van der Waals surface area contributed by atoms with Gasteiger partial charge in [0.15, 0.2) is 0 Å². The molecule has 0 saturated carbocycles. The summed E-state index contributed by atoms with van der Waals surface area (Å²) in [5.74, 6) is 0.230. The molecule has 0 aliphatic carbocycles. The van der Waals surface area contributed by atoms with E-state index in [2.05, 4.69) is 15.9 Å². The molecule has 0 amide bonds. The molecule has 0 aromatic heterocycles. The molecule has 2 rings (SSSR count). The summed E-state index contributed by atoms with van der Waals surface area (Å²) < 4.78 is 6.28. The molecule has 0 spiro atoms. The van der Waals surface area contributed by atoms with Crippen LogP contribution in [-0.4, -0.2) is 5.97 Å². The van der Waals surface area contributed by atoms with Crippen molar-refractivity contribution in [3.05, 3.63) is 63.1 Å². The second-order valence-corrected chi connectivity index (χ2v) is 5.45. The van der Waals surface area contributed by atoms with Crippen LogP contribution in [0.15, 0.2) is 40.9 Å². The minimum absolute atomic E-state index is 0.344. The van der Waals surface area contributed by atoms with E-state index in [1.807, 2.05) is 45.0 Å². The van der Waals surface area contributed by atoms with Crippen molar-refractivity contribution in [2.75, 3.05) is 0 Å². The van der Waals surface area contributed by atoms with Gasteiger partial charge in [-0.1, -0.05) is 28.1 Å². The molecule has 0 radical (unpaired) electrons. The Morgan fingerprint density at radius 2 is 1.63 bits per heavy atom. The van der Waals surface area contributed by atoms with Gasteiger partial charge in [-0.25, -0.2) is 4.79 Å². The van der Waals surface area contributed by atoms with Gasteiger partial charge < -0.3 is 4.74 Å². The summed E-state index contributed by atoms with van der Waals surface area (Å²) in [4.78, 5) is 12.0. The Kier molecular flexibility index (Phi) is 4.05. The lowest BCUT2D eigenvalue weighted by molar-refractivity contribution is 0.0734. The van der Waals surface area contributed by atoms with E-state index in [4.69, 9.17) is 4.74 Å². The molecule has 0 bridgehead atoms. The summed E-state index contributed by atoms with van der Waals surface area (Å²) in [6.07, 6.45) is 0. The maximum absolute atomic E-state index is 12.0. The van der Waals surface area contributed by atoms with E-state index in [9.17, 15) is 4.79 Å². The number of hydrogen-bond donors (Lipinski definition) is 0. The Hall–Kier alpha value is -1.61. The molecule has 0 unspecified atom stereocenters. The third kappa shape index (κ3) is 3.24. The molecule has 0 N–H and O–H groups in total. The smallest absolute Gasteiger partial charge is 0.343 e. The molecule has 0 fully saturated rings. The molecular formula is C16H15BrO2. The fourth-order valence-corrected chi connectivity index (χ4v) is 2.04. The maximum atomic E-state index is 12.0. The SMILES string of the molecule is Cc1ccc(OC(=O)c2ccc(C)c(Br)c2)cc1C. The second kappa shape index (κ2) is 5.57. The molecule has 2 aromatic rings. The normalized spacial score (nSPS) is 10.3. The highest BCUT2D eigenvalue weighted by Crippen LogP contribution is 2.21. The van der Waals surface area contributed by atoms with Crippen molar-refractivity contribution in [1.82, 2.24) is 0 Å². The number of halogens is 1. The largest absolute Gasteiger partial charge is 0.423 e. The zero-order valence-electron chi connectivity index (χ0n) is 11.2. The van der Waals surface area contributed by atoms with Crippen LogP contribution in [-0.2, 0) is 0 Å². The Morgan fingerprint density at radius 1 is 0.947 bits per heavy atom. The summed E-state index contributed by atoms with van der Waals surface area (Å²) in [5.41, 5.74) is 3.91. The quantitative estimate of drug-likeness (QED) is 0.597. The fourth-order valence-electron chi connectivity index (χ4n) is 1.66. The number of ether oxygens (including phenoxy) is 1. The van der Waals surface area contributed by atoms with Gasteiger partial charge in [0.1, 0.15) is 5.75 Å². The summed E-state index contributed by atoms with van der Waals surface area (Å²) in [6, 6.07) is 11.1. The number of benzene rings is 2. The van der Waals surface area contributed by atoms with Crippen LogP contribution in [0.4, 0.5) is 0 Å². The molecule has 0 aliphatic heterocycles. The highest BCUT2D eigenvalue weighted by molar-refractivity contribution is 9.10. The number of carbonyl (C=O) groups is 1. The second-order valence-electron chi connectivity index (χ2n) is 4.60. The lowest BCUT2D eigenvalue weighted by atomic mass is 10.1. The Labute approximate surface area is 121 Å². The van der Waals surface area contributed by atoms with E-state index >= 15 is 0 Å². The average Bonchev–Trinajstić information content (AvgIpc) is 2.37. The van der Waals surface area contributed by atoms with Crippen LogP contribution in [0.3, 0.4) is 0 Å². The molecule has 2 aromatic carbocycles. The molecule has 0 atom stereocenters. The first-order valence-corrected chi connectivity index (χ1v) is 6.82. The predicted octanol–water partition coefficient (Wildman–Crippen LogP) is 4.59. The zero-order valence-corrected chi connectivity index (χ0v) is 12.7. The summed E-state index contributed by atoms with van der Waals surface area (Å²) >= 11 is 3.41. The average molecular weight is 319 g/mol. The van der Waals surface area contributed by atoms with Crippen LogP contribution in [0.25, 0.3) is 0 Å². The van der Waals surface area contributed by atoms with Gasteiger partial charge in [0, 0.05) is 4.47 Å². The first-order chi connectivity index (χ1) is 8.97. The van der Waals surface area contributed by atoms with Gasteiger partial charge in [0.2, 0.25) is 0 Å². The monoisotopic (exact) mass is 318 g/mol. The van der Waals surface area contributed by atoms with Gasteiger partial charge in [-0.2, -0.15) is 0 Å². The van der Waals surface area contributed by atoms with Crippen LogP contribution in [0, 0.1) is 20.8 Å². The van der Waals surface area contributed by atoms with Gasteiger partial charge in [0.25, 0.3) is 0 Å². The summed E-state index contributed by atoms with van der Waals surface area (Å²) in [6.45, 7) is 6.00. The lowest BCUT2D eigenvalue weighted by Crippen LogP contribution is -2.08. The standard InChI is InChI=1S/C16H15BrO2/c1-10-5-7-14(8-12(10)3)19-16(18)13-6-4-11(2)15(17)9-13/h4-9H,1-3H3. The highest BCUT2D eigenvalue weighted by Gasteiger charge is 2.10. The molecule has 2 nitrogen and oxygen atoms in total. The third-order valence-electron chi connectivity index (χ3n) is 3.10. The Morgan fingerprint density at radius 3 is 2.26 bits per heavy atom. The molecule has 0 heterocycles. The van der Waals surface area contributed by atoms with E-state index in [0.717, 1.165) is 15.6 Å². The molecule has 3 heteroatoms. The van der Waals surface area contributed by atoms with Crippen molar-refractivity contribution in [1.29, 1.82) is 0 Å². The van der Waals surface area contributed by atoms with Gasteiger partial charge in [0.05, 0.1) is 5.56 Å². The fraction of sp³-hybridized carbons (Fsp3) is 0.188. The van der Waals surface area contributed by atoms with Crippen molar-refractivity contribution in [3.63, 3.8) is 0 Å². The van der Waals surface area contributed by atoms with Crippen LogP contribution in [0.2, 0.25) is 0 Å². The van der Waals surface area contributed by atoms with Crippen LogP contribution >= 0.6 is 15.9 Å². The predicted molar refractivity (Wildman–Crippen MR) is 79.8 cm³/mol. The van der Waals surface area contributed by atoms with Crippen LogP contribution in [0.1, 0.15) is 27.0 Å². The first kappa shape index (κ1) is 13.8. The van der Waals surface area contributed by atoms with Crippen molar-refractivity contribution in [3.8, 4) is 5.75 Å². The zero-order chi connectivity index (χ0) is 14.0. The first-order valence-electron chi connectivity index (χ1n) is 6.03. The van der Waals surface area contributed by atoms with E-state index < -0.39 is 0 Å². The number of carbonyl (C=O) groups excluding carboxylic acids is 1. The van der Waals surface area contributed by atoms with E-state index in [0.29, 0.717) is 11.3 Å². The molecule has 98 valence electrons. The topological polar surface area (TPSA) is 26.3 Å². The van der Waals surface area contributed by atoms with Crippen LogP contribution < -0.4 is 4.74 Å². The summed E-state index contributed by atoms with van der Waals surface area (Å²) in [5, 5.41) is 0. The van der Waals surface area contributed by atoms with Crippen molar-refractivity contribution in [2.45, 2.75) is 20.8 Å². The van der Waals surface area contributed by atoms with Crippen LogP contribution in [0.5, 0.6) is 5.75 Å². The third-order valence-corrected chi connectivity index (χ3v) is 3.95. The maximum Gasteiger partial charge on any atom is 0.343 e. The molecule has 0 aliphatic rings. The van der Waals surface area contributed by atoms with Gasteiger partial charge in [-0.3, -0.25) is 0 Å². The Bertz CT molecular complexity index is 633. The van der Waals surface area contributed by atoms with Crippen molar-refractivity contribution < 1.29 is 9.53 Å². The molecular weight excluding hydrogens is 304 g/mol. The summed E-state index contributed by atoms with van der Waals surface area (Å²) in [7, 11) is 0. The van der Waals surface area contributed by atoms with Gasteiger partial charge in [-0.15, -0.1) is 0 Å². The Balaban J connectivity index is 2.20. The van der Waals surface area contributed by atoms with E-state index in [1.165, 1.54) is 5.56 Å². The lowest BCUT2D eigenvalue weighted by Gasteiger charge is -2.07. The molecule has 0 saturated heterocycles. The van der Waals surface area contributed by atoms with Gasteiger partial charge >= 0.3 is 5.97 Å². The number of aryl methyl sites for hydroxylation is 3. The van der Waals surface area contributed by atoms with E-state index in [-0.39, 0.29) is 5.97 Å².